The summed E-state index contributed by atoms with van der Waals surface area (Å²) in [4.78, 5) is 0. The maximum absolute atomic E-state index is 9.18. The molecule has 3 nitrogen and oxygen atoms in total. The van der Waals surface area contributed by atoms with E-state index in [0.717, 1.165) is 23.1 Å². The van der Waals surface area contributed by atoms with Crippen LogP contribution in [0.5, 0.6) is 0 Å². The summed E-state index contributed by atoms with van der Waals surface area (Å²) in [7, 11) is 0. The van der Waals surface area contributed by atoms with Crippen molar-refractivity contribution in [3.05, 3.63) is 60.2 Å². The fourth-order valence-corrected chi connectivity index (χ4v) is 2.55. The van der Waals surface area contributed by atoms with E-state index in [2.05, 4.69) is 13.2 Å². The Kier molecular flexibility index (Phi) is 5.74. The average molecular weight is 288 g/mol. The second-order valence-corrected chi connectivity index (χ2v) is 5.63. The lowest BCUT2D eigenvalue weighted by Crippen LogP contribution is -2.31. The Balaban J connectivity index is 2.04. The predicted octanol–water partition coefficient (Wildman–Crippen LogP) is 3.62. The molecule has 1 heterocycles. The molecule has 0 radical (unpaired) electrons. The molecule has 114 valence electrons. The summed E-state index contributed by atoms with van der Waals surface area (Å²) >= 11 is 0. The van der Waals surface area contributed by atoms with Gasteiger partial charge in [-0.1, -0.05) is 49.1 Å². The van der Waals surface area contributed by atoms with Crippen molar-refractivity contribution < 1.29 is 14.6 Å². The zero-order chi connectivity index (χ0) is 15.2. The molecule has 3 heteroatoms. The van der Waals surface area contributed by atoms with E-state index in [4.69, 9.17) is 9.47 Å². The average Bonchev–Trinajstić information content (AvgIpc) is 2.49. The second-order valence-electron chi connectivity index (χ2n) is 5.63. The highest BCUT2D eigenvalue weighted by Gasteiger charge is 2.29. The molecule has 1 aliphatic rings. The maximum Gasteiger partial charge on any atom is 0.184 e. The van der Waals surface area contributed by atoms with Crippen LogP contribution in [0.1, 0.15) is 31.6 Å². The molecule has 2 rings (SSSR count). The number of hydrogen-bond donors (Lipinski definition) is 1. The lowest BCUT2D eigenvalue weighted by molar-refractivity contribution is -0.194. The van der Waals surface area contributed by atoms with E-state index in [0.29, 0.717) is 13.0 Å². The SMILES string of the molecule is C=C1COC(c2ccccc2)OC1C[C@H](CCO)C(=C)C. The molecule has 3 atom stereocenters. The smallest absolute Gasteiger partial charge is 0.184 e. The van der Waals surface area contributed by atoms with Gasteiger partial charge in [0.2, 0.25) is 0 Å². The molecule has 0 saturated carbocycles. The molecule has 21 heavy (non-hydrogen) atoms. The van der Waals surface area contributed by atoms with Gasteiger partial charge in [0, 0.05) is 12.2 Å². The van der Waals surface area contributed by atoms with Gasteiger partial charge in [-0.05, 0) is 31.3 Å². The summed E-state index contributed by atoms with van der Waals surface area (Å²) < 4.78 is 11.8. The van der Waals surface area contributed by atoms with Crippen molar-refractivity contribution in [2.24, 2.45) is 5.92 Å². The molecule has 2 unspecified atom stereocenters. The van der Waals surface area contributed by atoms with E-state index in [1.807, 2.05) is 37.3 Å². The number of benzene rings is 1. The molecule has 1 saturated heterocycles. The molecule has 1 aliphatic heterocycles. The molecule has 1 aromatic rings. The Hall–Kier alpha value is -1.42. The molecule has 0 bridgehead atoms. The fourth-order valence-electron chi connectivity index (χ4n) is 2.55. The predicted molar refractivity (Wildman–Crippen MR) is 83.8 cm³/mol. The van der Waals surface area contributed by atoms with Gasteiger partial charge in [-0.25, -0.2) is 0 Å². The van der Waals surface area contributed by atoms with E-state index in [-0.39, 0.29) is 24.9 Å². The van der Waals surface area contributed by atoms with Crippen molar-refractivity contribution in [2.75, 3.05) is 13.2 Å². The number of aliphatic hydroxyl groups is 1. The quantitative estimate of drug-likeness (QED) is 0.813. The van der Waals surface area contributed by atoms with Crippen LogP contribution in [0.3, 0.4) is 0 Å². The molecular formula is C18H24O3. The van der Waals surface area contributed by atoms with Crippen LogP contribution < -0.4 is 0 Å². The van der Waals surface area contributed by atoms with Gasteiger partial charge < -0.3 is 14.6 Å². The summed E-state index contributed by atoms with van der Waals surface area (Å²) in [5.74, 6) is 0.242. The zero-order valence-electron chi connectivity index (χ0n) is 12.6. The Labute approximate surface area is 126 Å². The Morgan fingerprint density at radius 1 is 1.38 bits per heavy atom. The zero-order valence-corrected chi connectivity index (χ0v) is 12.6. The van der Waals surface area contributed by atoms with E-state index < -0.39 is 0 Å². The summed E-state index contributed by atoms with van der Waals surface area (Å²) in [5, 5.41) is 9.18. The maximum atomic E-state index is 9.18. The first-order valence-electron chi connectivity index (χ1n) is 7.37. The molecule has 0 spiro atoms. The molecular weight excluding hydrogens is 264 g/mol. The molecule has 1 aromatic carbocycles. The Morgan fingerprint density at radius 3 is 2.71 bits per heavy atom. The minimum Gasteiger partial charge on any atom is -0.396 e. The number of hydrogen-bond acceptors (Lipinski definition) is 3. The van der Waals surface area contributed by atoms with Crippen LogP contribution >= 0.6 is 0 Å². The highest BCUT2D eigenvalue weighted by atomic mass is 16.7. The van der Waals surface area contributed by atoms with Crippen molar-refractivity contribution >= 4 is 0 Å². The van der Waals surface area contributed by atoms with Crippen molar-refractivity contribution in [2.45, 2.75) is 32.2 Å². The second kappa shape index (κ2) is 7.55. The topological polar surface area (TPSA) is 38.7 Å². The molecule has 0 aliphatic carbocycles. The van der Waals surface area contributed by atoms with E-state index in [1.54, 1.807) is 0 Å². The highest BCUT2D eigenvalue weighted by Crippen LogP contribution is 2.33. The van der Waals surface area contributed by atoms with Gasteiger partial charge in [-0.3, -0.25) is 0 Å². The normalized spacial score (nSPS) is 23.8. The first-order valence-corrected chi connectivity index (χ1v) is 7.37. The summed E-state index contributed by atoms with van der Waals surface area (Å²) in [5.41, 5.74) is 3.04. The molecule has 0 aromatic heterocycles. The van der Waals surface area contributed by atoms with E-state index in [1.165, 1.54) is 0 Å². The number of allylic oxidation sites excluding steroid dienone is 1. The van der Waals surface area contributed by atoms with Crippen LogP contribution in [0.15, 0.2) is 54.6 Å². The van der Waals surface area contributed by atoms with Gasteiger partial charge in [0.1, 0.15) is 0 Å². The number of rotatable bonds is 6. The number of aliphatic hydroxyl groups excluding tert-OH is 1. The van der Waals surface area contributed by atoms with Crippen molar-refractivity contribution in [3.63, 3.8) is 0 Å². The van der Waals surface area contributed by atoms with Crippen LogP contribution in [0.2, 0.25) is 0 Å². The highest BCUT2D eigenvalue weighted by molar-refractivity contribution is 5.18. The van der Waals surface area contributed by atoms with Crippen LogP contribution in [0.4, 0.5) is 0 Å². The van der Waals surface area contributed by atoms with Crippen LogP contribution in [0, 0.1) is 5.92 Å². The molecule has 1 fully saturated rings. The van der Waals surface area contributed by atoms with Gasteiger partial charge >= 0.3 is 0 Å². The minimum atomic E-state index is -0.346. The van der Waals surface area contributed by atoms with Gasteiger partial charge in [-0.15, -0.1) is 0 Å². The summed E-state index contributed by atoms with van der Waals surface area (Å²) in [6.45, 7) is 10.7. The van der Waals surface area contributed by atoms with E-state index in [9.17, 15) is 5.11 Å². The Morgan fingerprint density at radius 2 is 2.10 bits per heavy atom. The fraction of sp³-hybridized carbons (Fsp3) is 0.444. The van der Waals surface area contributed by atoms with Gasteiger partial charge in [0.15, 0.2) is 6.29 Å². The summed E-state index contributed by atoms with van der Waals surface area (Å²) in [6, 6.07) is 9.92. The molecule has 1 N–H and O–H groups in total. The van der Waals surface area contributed by atoms with Gasteiger partial charge in [0.25, 0.3) is 0 Å². The third kappa shape index (κ3) is 4.27. The van der Waals surface area contributed by atoms with Crippen molar-refractivity contribution in [1.29, 1.82) is 0 Å². The summed E-state index contributed by atoms with van der Waals surface area (Å²) in [6.07, 6.45) is 1.10. The van der Waals surface area contributed by atoms with Crippen LogP contribution in [-0.2, 0) is 9.47 Å². The monoisotopic (exact) mass is 288 g/mol. The van der Waals surface area contributed by atoms with Crippen molar-refractivity contribution in [1.82, 2.24) is 0 Å². The largest absolute Gasteiger partial charge is 0.396 e. The first-order chi connectivity index (χ1) is 10.1. The van der Waals surface area contributed by atoms with E-state index >= 15 is 0 Å². The van der Waals surface area contributed by atoms with Gasteiger partial charge in [-0.2, -0.15) is 0 Å². The van der Waals surface area contributed by atoms with Gasteiger partial charge in [0.05, 0.1) is 12.7 Å². The third-order valence-corrected chi connectivity index (χ3v) is 3.91. The standard InChI is InChI=1S/C18H24O3/c1-13(2)16(9-10-19)11-17-14(3)12-20-18(21-17)15-7-5-4-6-8-15/h4-8,16-19H,1,3,9-12H2,2H3/t16-,17?,18?/m0/s1. The number of ether oxygens (including phenoxy) is 2. The lowest BCUT2D eigenvalue weighted by atomic mass is 9.89. The van der Waals surface area contributed by atoms with Crippen LogP contribution in [0.25, 0.3) is 0 Å². The Bertz CT molecular complexity index is 480. The third-order valence-electron chi connectivity index (χ3n) is 3.91. The first kappa shape index (κ1) is 16.0. The van der Waals surface area contributed by atoms with Crippen molar-refractivity contribution in [3.8, 4) is 0 Å². The van der Waals surface area contributed by atoms with Crippen LogP contribution in [-0.4, -0.2) is 24.4 Å². The lowest BCUT2D eigenvalue weighted by Gasteiger charge is -2.34. The molecule has 0 amide bonds. The minimum absolute atomic E-state index is 0.0581.